The normalized spacial score (nSPS) is 22.4. The van der Waals surface area contributed by atoms with Gasteiger partial charge in [-0.1, -0.05) is 25.3 Å². The van der Waals surface area contributed by atoms with Crippen LogP contribution in [0.25, 0.3) is 0 Å². The zero-order valence-corrected chi connectivity index (χ0v) is 17.1. The molecular weight excluding hydrogens is 384 g/mol. The number of fused-ring (bicyclic) bond motifs is 1. The lowest BCUT2D eigenvalue weighted by Gasteiger charge is -2.29. The Morgan fingerprint density at radius 2 is 1.72 bits per heavy atom. The topological polar surface area (TPSA) is 57.7 Å². The summed E-state index contributed by atoms with van der Waals surface area (Å²) in [6.45, 7) is 0.722. The van der Waals surface area contributed by atoms with E-state index in [1.54, 1.807) is 29.5 Å². The molecule has 1 saturated heterocycles. The van der Waals surface area contributed by atoms with Gasteiger partial charge in [0.25, 0.3) is 17.7 Å². The van der Waals surface area contributed by atoms with Gasteiger partial charge in [-0.05, 0) is 55.3 Å². The van der Waals surface area contributed by atoms with Gasteiger partial charge in [0.05, 0.1) is 17.2 Å². The van der Waals surface area contributed by atoms with Gasteiger partial charge >= 0.3 is 0 Å². The van der Waals surface area contributed by atoms with Crippen molar-refractivity contribution in [1.82, 2.24) is 9.80 Å². The number of hydrogen-bond donors (Lipinski definition) is 0. The van der Waals surface area contributed by atoms with Gasteiger partial charge in [0.1, 0.15) is 0 Å². The van der Waals surface area contributed by atoms with Crippen LogP contribution in [0.2, 0.25) is 0 Å². The van der Waals surface area contributed by atoms with E-state index < -0.39 is 0 Å². The highest BCUT2D eigenvalue weighted by Crippen LogP contribution is 2.36. The van der Waals surface area contributed by atoms with Crippen molar-refractivity contribution in [3.05, 3.63) is 57.3 Å². The van der Waals surface area contributed by atoms with Crippen molar-refractivity contribution < 1.29 is 14.4 Å². The molecule has 2 aromatic rings. The number of rotatable bonds is 3. The molecule has 1 unspecified atom stereocenters. The largest absolute Gasteiger partial charge is 0.331 e. The molecule has 150 valence electrons. The van der Waals surface area contributed by atoms with Crippen LogP contribution in [0.15, 0.2) is 35.7 Å². The van der Waals surface area contributed by atoms with Crippen LogP contribution in [0.4, 0.5) is 0 Å². The molecule has 3 heterocycles. The minimum atomic E-state index is -0.234. The standard InChI is InChI=1S/C23H24N2O3S/c26-21(24-12-4-8-19(24)20-9-5-13-29-20)15-10-11-17-18(14-15)23(28)25(22(17)27)16-6-2-1-3-7-16/h5,9-11,13-14,16,19H,1-4,6-8,12H2. The van der Waals surface area contributed by atoms with Crippen molar-refractivity contribution in [1.29, 1.82) is 0 Å². The Labute approximate surface area is 174 Å². The summed E-state index contributed by atoms with van der Waals surface area (Å²) < 4.78 is 0. The number of nitrogens with zero attached hydrogens (tertiary/aromatic N) is 2. The van der Waals surface area contributed by atoms with E-state index in [4.69, 9.17) is 0 Å². The molecule has 1 saturated carbocycles. The fraction of sp³-hybridized carbons (Fsp3) is 0.435. The van der Waals surface area contributed by atoms with Crippen LogP contribution in [0, 0.1) is 0 Å². The van der Waals surface area contributed by atoms with Gasteiger partial charge in [0.15, 0.2) is 0 Å². The zero-order valence-electron chi connectivity index (χ0n) is 16.3. The Morgan fingerprint density at radius 3 is 2.48 bits per heavy atom. The summed E-state index contributed by atoms with van der Waals surface area (Å²) in [5.74, 6) is -0.489. The monoisotopic (exact) mass is 408 g/mol. The number of likely N-dealkylation sites (tertiary alicyclic amines) is 1. The SMILES string of the molecule is O=C(c1ccc2c(c1)C(=O)N(C1CCCCC1)C2=O)N1CCCC1c1cccs1. The summed E-state index contributed by atoms with van der Waals surface area (Å²) in [6, 6.07) is 9.21. The van der Waals surface area contributed by atoms with Crippen LogP contribution in [-0.4, -0.2) is 40.1 Å². The van der Waals surface area contributed by atoms with Crippen molar-refractivity contribution in [2.75, 3.05) is 6.54 Å². The van der Waals surface area contributed by atoms with Crippen LogP contribution in [0.3, 0.4) is 0 Å². The van der Waals surface area contributed by atoms with E-state index in [2.05, 4.69) is 6.07 Å². The molecule has 1 aromatic heterocycles. The maximum atomic E-state index is 13.2. The summed E-state index contributed by atoms with van der Waals surface area (Å²) >= 11 is 1.67. The van der Waals surface area contributed by atoms with Gasteiger partial charge < -0.3 is 4.90 Å². The van der Waals surface area contributed by atoms with E-state index in [1.165, 1.54) is 16.2 Å². The Kier molecular flexibility index (Phi) is 4.74. The number of carbonyl (C=O) groups is 3. The molecule has 0 N–H and O–H groups in total. The second kappa shape index (κ2) is 7.41. The minimum Gasteiger partial charge on any atom is -0.331 e. The summed E-state index contributed by atoms with van der Waals surface area (Å²) in [5.41, 5.74) is 1.32. The summed E-state index contributed by atoms with van der Waals surface area (Å²) in [6.07, 6.45) is 6.98. The molecule has 5 nitrogen and oxygen atoms in total. The molecule has 1 aliphatic carbocycles. The Hall–Kier alpha value is -2.47. The van der Waals surface area contributed by atoms with Crippen molar-refractivity contribution in [2.45, 2.75) is 57.0 Å². The molecular formula is C23H24N2O3S. The molecule has 6 heteroatoms. The van der Waals surface area contributed by atoms with Crippen molar-refractivity contribution in [3.8, 4) is 0 Å². The summed E-state index contributed by atoms with van der Waals surface area (Å²) in [5, 5.41) is 2.04. The smallest absolute Gasteiger partial charge is 0.261 e. The predicted octanol–water partition coefficient (Wildman–Crippen LogP) is 4.65. The quantitative estimate of drug-likeness (QED) is 0.695. The number of benzene rings is 1. The van der Waals surface area contributed by atoms with Crippen LogP contribution >= 0.6 is 11.3 Å². The fourth-order valence-corrected chi connectivity index (χ4v) is 5.89. The molecule has 0 spiro atoms. The molecule has 2 fully saturated rings. The number of carbonyl (C=O) groups excluding carboxylic acids is 3. The lowest BCUT2D eigenvalue weighted by Crippen LogP contribution is -2.40. The fourth-order valence-electron chi connectivity index (χ4n) is 5.02. The van der Waals surface area contributed by atoms with E-state index in [0.29, 0.717) is 16.7 Å². The highest BCUT2D eigenvalue weighted by atomic mass is 32.1. The molecule has 29 heavy (non-hydrogen) atoms. The highest BCUT2D eigenvalue weighted by molar-refractivity contribution is 7.10. The van der Waals surface area contributed by atoms with Gasteiger partial charge in [-0.3, -0.25) is 19.3 Å². The van der Waals surface area contributed by atoms with Crippen LogP contribution in [0.1, 0.15) is 86.9 Å². The molecule has 1 atom stereocenters. The van der Waals surface area contributed by atoms with Gasteiger partial charge in [-0.25, -0.2) is 0 Å². The first-order valence-corrected chi connectivity index (χ1v) is 11.4. The van der Waals surface area contributed by atoms with Crippen molar-refractivity contribution >= 4 is 29.1 Å². The number of imide groups is 1. The highest BCUT2D eigenvalue weighted by Gasteiger charge is 2.41. The number of thiophene rings is 1. The minimum absolute atomic E-state index is 0.00269. The third-order valence-corrected chi connectivity index (χ3v) is 7.46. The molecule has 2 aliphatic heterocycles. The third-order valence-electron chi connectivity index (χ3n) is 6.49. The van der Waals surface area contributed by atoms with Gasteiger partial charge in [-0.15, -0.1) is 11.3 Å². The third kappa shape index (κ3) is 3.10. The predicted molar refractivity (Wildman–Crippen MR) is 111 cm³/mol. The lowest BCUT2D eigenvalue weighted by atomic mass is 9.94. The Bertz CT molecular complexity index is 963. The molecule has 0 bridgehead atoms. The van der Waals surface area contributed by atoms with Gasteiger partial charge in [-0.2, -0.15) is 0 Å². The van der Waals surface area contributed by atoms with E-state index in [9.17, 15) is 14.4 Å². The zero-order chi connectivity index (χ0) is 20.0. The molecule has 1 aromatic carbocycles. The first-order chi connectivity index (χ1) is 14.1. The van der Waals surface area contributed by atoms with Gasteiger partial charge in [0, 0.05) is 23.0 Å². The molecule has 0 radical (unpaired) electrons. The molecule has 5 rings (SSSR count). The maximum absolute atomic E-state index is 13.2. The molecule has 3 aliphatic rings. The van der Waals surface area contributed by atoms with E-state index in [1.807, 2.05) is 16.3 Å². The van der Waals surface area contributed by atoms with E-state index in [-0.39, 0.29) is 29.8 Å². The van der Waals surface area contributed by atoms with E-state index in [0.717, 1.165) is 45.1 Å². The first-order valence-electron chi connectivity index (χ1n) is 10.5. The Morgan fingerprint density at radius 1 is 0.931 bits per heavy atom. The van der Waals surface area contributed by atoms with Gasteiger partial charge in [0.2, 0.25) is 0 Å². The average Bonchev–Trinajstić information content (AvgIpc) is 3.48. The maximum Gasteiger partial charge on any atom is 0.261 e. The van der Waals surface area contributed by atoms with Crippen LogP contribution in [0.5, 0.6) is 0 Å². The van der Waals surface area contributed by atoms with Crippen LogP contribution in [-0.2, 0) is 0 Å². The molecule has 3 amide bonds. The Balaban J connectivity index is 1.42. The number of hydrogen-bond acceptors (Lipinski definition) is 4. The van der Waals surface area contributed by atoms with Crippen molar-refractivity contribution in [2.24, 2.45) is 0 Å². The average molecular weight is 409 g/mol. The van der Waals surface area contributed by atoms with Crippen molar-refractivity contribution in [3.63, 3.8) is 0 Å². The second-order valence-electron chi connectivity index (χ2n) is 8.20. The second-order valence-corrected chi connectivity index (χ2v) is 9.18. The van der Waals surface area contributed by atoms with E-state index >= 15 is 0 Å². The van der Waals surface area contributed by atoms with Crippen LogP contribution < -0.4 is 0 Å². The lowest BCUT2D eigenvalue weighted by molar-refractivity contribution is 0.0548. The first kappa shape index (κ1) is 18.6. The number of amides is 3. The summed E-state index contributed by atoms with van der Waals surface area (Å²) in [7, 11) is 0. The summed E-state index contributed by atoms with van der Waals surface area (Å²) in [4.78, 5) is 43.7.